The van der Waals surface area contributed by atoms with E-state index < -0.39 is 18.5 Å². The largest absolute Gasteiger partial charge is 0.506 e. The van der Waals surface area contributed by atoms with Crippen molar-refractivity contribution in [3.05, 3.63) is 11.5 Å². The van der Waals surface area contributed by atoms with Gasteiger partial charge in [-0.25, -0.2) is 4.39 Å². The molecule has 0 aromatic rings. The SMILES string of the molecule is C/C(OCCO)=C(\O)C(F)CO. The van der Waals surface area contributed by atoms with Crippen LogP contribution in [0.25, 0.3) is 0 Å². The second-order valence-electron chi connectivity index (χ2n) is 2.16. The minimum absolute atomic E-state index is 0.00591. The van der Waals surface area contributed by atoms with Crippen molar-refractivity contribution in [2.75, 3.05) is 19.8 Å². The minimum atomic E-state index is -1.82. The van der Waals surface area contributed by atoms with Gasteiger partial charge in [0.1, 0.15) is 12.4 Å². The molecule has 72 valence electrons. The molecule has 0 spiro atoms. The topological polar surface area (TPSA) is 69.9 Å². The molecule has 1 unspecified atom stereocenters. The van der Waals surface area contributed by atoms with Gasteiger partial charge in [0.25, 0.3) is 0 Å². The summed E-state index contributed by atoms with van der Waals surface area (Å²) >= 11 is 0. The second kappa shape index (κ2) is 5.79. The van der Waals surface area contributed by atoms with Crippen molar-refractivity contribution < 1.29 is 24.4 Å². The van der Waals surface area contributed by atoms with Crippen molar-refractivity contribution in [1.82, 2.24) is 0 Å². The van der Waals surface area contributed by atoms with E-state index in [9.17, 15) is 4.39 Å². The van der Waals surface area contributed by atoms with Gasteiger partial charge in [-0.2, -0.15) is 0 Å². The zero-order valence-corrected chi connectivity index (χ0v) is 6.83. The Morgan fingerprint density at radius 1 is 1.50 bits per heavy atom. The van der Waals surface area contributed by atoms with Gasteiger partial charge < -0.3 is 20.1 Å². The Bertz CT molecular complexity index is 157. The Kier molecular flexibility index (Phi) is 5.40. The van der Waals surface area contributed by atoms with Crippen molar-refractivity contribution in [2.24, 2.45) is 0 Å². The van der Waals surface area contributed by atoms with Gasteiger partial charge >= 0.3 is 0 Å². The highest BCUT2D eigenvalue weighted by Gasteiger charge is 2.14. The maximum atomic E-state index is 12.5. The van der Waals surface area contributed by atoms with Gasteiger partial charge in [0.15, 0.2) is 11.9 Å². The van der Waals surface area contributed by atoms with E-state index in [1.165, 1.54) is 6.92 Å². The summed E-state index contributed by atoms with van der Waals surface area (Å²) in [6.45, 7) is 0.355. The third kappa shape index (κ3) is 3.54. The fourth-order valence-corrected chi connectivity index (χ4v) is 0.580. The van der Waals surface area contributed by atoms with Crippen LogP contribution in [0.2, 0.25) is 0 Å². The van der Waals surface area contributed by atoms with Gasteiger partial charge in [-0.3, -0.25) is 0 Å². The highest BCUT2D eigenvalue weighted by Crippen LogP contribution is 2.09. The summed E-state index contributed by atoms with van der Waals surface area (Å²) in [6, 6.07) is 0. The molecule has 1 atom stereocenters. The average molecular weight is 180 g/mol. The van der Waals surface area contributed by atoms with Gasteiger partial charge in [0.2, 0.25) is 0 Å². The zero-order chi connectivity index (χ0) is 9.56. The standard InChI is InChI=1S/C7H13FO4/c1-5(12-3-2-9)7(11)6(8)4-10/h6,9-11H,2-4H2,1H3/b7-5+. The molecule has 0 saturated heterocycles. The van der Waals surface area contributed by atoms with E-state index in [4.69, 9.17) is 20.1 Å². The first-order valence-corrected chi connectivity index (χ1v) is 3.51. The Morgan fingerprint density at radius 3 is 2.50 bits per heavy atom. The maximum absolute atomic E-state index is 12.5. The fraction of sp³-hybridized carbons (Fsp3) is 0.714. The molecule has 0 aliphatic carbocycles. The van der Waals surface area contributed by atoms with Gasteiger partial charge in [-0.15, -0.1) is 0 Å². The summed E-state index contributed by atoms with van der Waals surface area (Å²) in [4.78, 5) is 0. The molecule has 0 saturated carbocycles. The molecule has 0 aliphatic heterocycles. The smallest absolute Gasteiger partial charge is 0.183 e. The van der Waals surface area contributed by atoms with Crippen LogP contribution in [0.1, 0.15) is 6.92 Å². The number of alkyl halides is 1. The molecule has 5 heteroatoms. The van der Waals surface area contributed by atoms with E-state index in [0.29, 0.717) is 0 Å². The minimum Gasteiger partial charge on any atom is -0.506 e. The van der Waals surface area contributed by atoms with Crippen LogP contribution in [0, 0.1) is 0 Å². The first-order chi connectivity index (χ1) is 5.63. The van der Waals surface area contributed by atoms with Crippen LogP contribution in [0.4, 0.5) is 4.39 Å². The predicted octanol–water partition coefficient (Wildman–Crippen LogP) is 0.115. The van der Waals surface area contributed by atoms with Crippen molar-refractivity contribution in [2.45, 2.75) is 13.1 Å². The third-order valence-electron chi connectivity index (χ3n) is 1.23. The molecule has 0 heterocycles. The van der Waals surface area contributed by atoms with E-state index in [0.717, 1.165) is 0 Å². The van der Waals surface area contributed by atoms with E-state index in [1.807, 2.05) is 0 Å². The van der Waals surface area contributed by atoms with Crippen molar-refractivity contribution in [3.63, 3.8) is 0 Å². The molecule has 0 radical (unpaired) electrons. The number of hydrogen-bond acceptors (Lipinski definition) is 4. The summed E-state index contributed by atoms with van der Waals surface area (Å²) in [5.74, 6) is -0.656. The van der Waals surface area contributed by atoms with Crippen LogP contribution >= 0.6 is 0 Å². The normalized spacial score (nSPS) is 15.3. The summed E-state index contributed by atoms with van der Waals surface area (Å²) in [7, 11) is 0. The summed E-state index contributed by atoms with van der Waals surface area (Å²) in [5.41, 5.74) is 0. The van der Waals surface area contributed by atoms with E-state index >= 15 is 0 Å². The molecular formula is C7H13FO4. The molecule has 0 amide bonds. The molecule has 0 aliphatic rings. The maximum Gasteiger partial charge on any atom is 0.183 e. The molecule has 0 aromatic carbocycles. The van der Waals surface area contributed by atoms with Crippen molar-refractivity contribution >= 4 is 0 Å². The number of allylic oxidation sites excluding steroid dienone is 1. The number of aliphatic hydroxyl groups is 3. The molecule has 0 aromatic heterocycles. The van der Waals surface area contributed by atoms with Gasteiger partial charge in [0, 0.05) is 0 Å². The van der Waals surface area contributed by atoms with Crippen LogP contribution in [-0.2, 0) is 4.74 Å². The molecule has 12 heavy (non-hydrogen) atoms. The first-order valence-electron chi connectivity index (χ1n) is 3.51. The Balaban J connectivity index is 4.05. The Morgan fingerprint density at radius 2 is 2.08 bits per heavy atom. The number of ether oxygens (including phenoxy) is 1. The molecule has 3 N–H and O–H groups in total. The van der Waals surface area contributed by atoms with Crippen LogP contribution in [-0.4, -0.2) is 41.3 Å². The van der Waals surface area contributed by atoms with E-state index in [1.54, 1.807) is 0 Å². The van der Waals surface area contributed by atoms with Gasteiger partial charge in [0.05, 0.1) is 13.2 Å². The van der Waals surface area contributed by atoms with Crippen LogP contribution in [0.5, 0.6) is 0 Å². The highest BCUT2D eigenvalue weighted by atomic mass is 19.1. The Hall–Kier alpha value is -0.810. The van der Waals surface area contributed by atoms with Crippen LogP contribution in [0.15, 0.2) is 11.5 Å². The lowest BCUT2D eigenvalue weighted by molar-refractivity contribution is 0.112. The van der Waals surface area contributed by atoms with Crippen molar-refractivity contribution in [1.29, 1.82) is 0 Å². The highest BCUT2D eigenvalue weighted by molar-refractivity contribution is 5.02. The number of rotatable bonds is 5. The van der Waals surface area contributed by atoms with E-state index in [-0.39, 0.29) is 19.0 Å². The molecule has 0 bridgehead atoms. The van der Waals surface area contributed by atoms with Crippen molar-refractivity contribution in [3.8, 4) is 0 Å². The quantitative estimate of drug-likeness (QED) is 0.525. The fourth-order valence-electron chi connectivity index (χ4n) is 0.580. The van der Waals surface area contributed by atoms with Crippen LogP contribution in [0.3, 0.4) is 0 Å². The number of hydrogen-bond donors (Lipinski definition) is 3. The number of aliphatic hydroxyl groups excluding tert-OH is 3. The number of halogens is 1. The van der Waals surface area contributed by atoms with E-state index in [2.05, 4.69) is 0 Å². The Labute approximate surface area is 69.9 Å². The average Bonchev–Trinajstić information content (AvgIpc) is 2.11. The molecular weight excluding hydrogens is 167 g/mol. The molecule has 0 rings (SSSR count). The lowest BCUT2D eigenvalue weighted by Crippen LogP contribution is -2.12. The lowest BCUT2D eigenvalue weighted by atomic mass is 10.3. The first kappa shape index (κ1) is 11.2. The summed E-state index contributed by atoms with van der Waals surface area (Å²) < 4.78 is 17.2. The summed E-state index contributed by atoms with van der Waals surface area (Å²) in [6.07, 6.45) is -1.82. The van der Waals surface area contributed by atoms with Crippen LogP contribution < -0.4 is 0 Å². The lowest BCUT2D eigenvalue weighted by Gasteiger charge is -2.09. The molecule has 0 fully saturated rings. The summed E-state index contributed by atoms with van der Waals surface area (Å²) in [5, 5.41) is 25.6. The zero-order valence-electron chi connectivity index (χ0n) is 6.83. The monoisotopic (exact) mass is 180 g/mol. The second-order valence-corrected chi connectivity index (χ2v) is 2.16. The third-order valence-corrected chi connectivity index (χ3v) is 1.23. The molecule has 4 nitrogen and oxygen atoms in total. The van der Waals surface area contributed by atoms with Gasteiger partial charge in [-0.1, -0.05) is 0 Å². The van der Waals surface area contributed by atoms with Gasteiger partial charge in [-0.05, 0) is 6.92 Å². The predicted molar refractivity (Wildman–Crippen MR) is 40.3 cm³/mol.